The Labute approximate surface area is 101 Å². The van der Waals surface area contributed by atoms with Crippen molar-refractivity contribution in [2.24, 2.45) is 0 Å². The monoisotopic (exact) mass is 257 g/mol. The summed E-state index contributed by atoms with van der Waals surface area (Å²) in [6, 6.07) is 1.23. The highest BCUT2D eigenvalue weighted by Gasteiger charge is 2.05. The van der Waals surface area contributed by atoms with E-state index in [1.54, 1.807) is 17.5 Å². The van der Waals surface area contributed by atoms with Crippen molar-refractivity contribution in [2.75, 3.05) is 5.32 Å². The Kier molecular flexibility index (Phi) is 3.36. The lowest BCUT2D eigenvalue weighted by atomic mass is 10.4. The zero-order chi connectivity index (χ0) is 11.5. The van der Waals surface area contributed by atoms with E-state index >= 15 is 0 Å². The second kappa shape index (κ2) is 4.76. The molecule has 16 heavy (non-hydrogen) atoms. The number of hydrogen-bond donors (Lipinski definition) is 1. The van der Waals surface area contributed by atoms with Gasteiger partial charge in [-0.2, -0.15) is 0 Å². The van der Waals surface area contributed by atoms with Crippen LogP contribution < -0.4 is 5.32 Å². The molecule has 0 unspecified atom stereocenters. The molecule has 0 radical (unpaired) electrons. The number of thiazole rings is 1. The fourth-order valence-corrected chi connectivity index (χ4v) is 2.06. The van der Waals surface area contributed by atoms with Crippen molar-refractivity contribution >= 4 is 28.8 Å². The van der Waals surface area contributed by atoms with Gasteiger partial charge in [0.05, 0.1) is 11.6 Å². The van der Waals surface area contributed by atoms with Gasteiger partial charge in [-0.15, -0.1) is 11.3 Å². The van der Waals surface area contributed by atoms with E-state index in [1.807, 2.05) is 6.92 Å². The third kappa shape index (κ3) is 2.68. The minimum Gasteiger partial charge on any atom is -0.361 e. The summed E-state index contributed by atoms with van der Waals surface area (Å²) in [6.45, 7) is 2.44. The van der Waals surface area contributed by atoms with Gasteiger partial charge in [-0.1, -0.05) is 11.6 Å². The molecule has 2 rings (SSSR count). The summed E-state index contributed by atoms with van der Waals surface area (Å²) in [7, 11) is 0. The van der Waals surface area contributed by atoms with Gasteiger partial charge < -0.3 is 5.32 Å². The maximum absolute atomic E-state index is 13.3. The van der Waals surface area contributed by atoms with Crippen molar-refractivity contribution in [3.8, 4) is 0 Å². The van der Waals surface area contributed by atoms with E-state index in [1.165, 1.54) is 12.3 Å². The molecule has 2 heterocycles. The number of nitrogens with zero attached hydrogens (tertiary/aromatic N) is 2. The van der Waals surface area contributed by atoms with Crippen LogP contribution in [0.4, 0.5) is 10.2 Å². The van der Waals surface area contributed by atoms with E-state index in [0.717, 1.165) is 9.88 Å². The SMILES string of the molecule is Cc1cnc(CNc2ncc(Cl)cc2F)s1. The van der Waals surface area contributed by atoms with Crippen LogP contribution in [0.15, 0.2) is 18.5 Å². The van der Waals surface area contributed by atoms with Gasteiger partial charge in [-0.05, 0) is 13.0 Å². The highest BCUT2D eigenvalue weighted by molar-refractivity contribution is 7.11. The van der Waals surface area contributed by atoms with Gasteiger partial charge in [-0.25, -0.2) is 14.4 Å². The highest BCUT2D eigenvalue weighted by atomic mass is 35.5. The lowest BCUT2D eigenvalue weighted by Crippen LogP contribution is -2.02. The van der Waals surface area contributed by atoms with Crippen LogP contribution in [0.2, 0.25) is 5.02 Å². The number of anilines is 1. The molecular formula is C10H9ClFN3S. The molecule has 1 N–H and O–H groups in total. The van der Waals surface area contributed by atoms with Crippen LogP contribution in [0.25, 0.3) is 0 Å². The van der Waals surface area contributed by atoms with Crippen molar-refractivity contribution < 1.29 is 4.39 Å². The van der Waals surface area contributed by atoms with Crippen LogP contribution in [-0.2, 0) is 6.54 Å². The Balaban J connectivity index is 2.04. The largest absolute Gasteiger partial charge is 0.361 e. The van der Waals surface area contributed by atoms with Crippen LogP contribution in [0.3, 0.4) is 0 Å². The fourth-order valence-electron chi connectivity index (χ4n) is 1.19. The standard InChI is InChI=1S/C10H9ClFN3S/c1-6-3-13-9(16-6)5-15-10-8(12)2-7(11)4-14-10/h2-4H,5H2,1H3,(H,14,15). The van der Waals surface area contributed by atoms with Crippen LogP contribution in [-0.4, -0.2) is 9.97 Å². The molecule has 0 spiro atoms. The Morgan fingerprint density at radius 1 is 1.44 bits per heavy atom. The minimum absolute atomic E-state index is 0.192. The van der Waals surface area contributed by atoms with Gasteiger partial charge >= 0.3 is 0 Å². The topological polar surface area (TPSA) is 37.8 Å². The molecule has 0 bridgehead atoms. The normalized spacial score (nSPS) is 10.4. The smallest absolute Gasteiger partial charge is 0.166 e. The zero-order valence-electron chi connectivity index (χ0n) is 8.50. The van der Waals surface area contributed by atoms with E-state index in [9.17, 15) is 4.39 Å². The molecular weight excluding hydrogens is 249 g/mol. The van der Waals surface area contributed by atoms with Crippen molar-refractivity contribution in [3.05, 3.63) is 39.2 Å². The Morgan fingerprint density at radius 2 is 2.25 bits per heavy atom. The molecule has 0 fully saturated rings. The molecule has 0 saturated carbocycles. The predicted octanol–water partition coefficient (Wildman–Crippen LogP) is 3.25. The van der Waals surface area contributed by atoms with Gasteiger partial charge in [0.25, 0.3) is 0 Å². The first-order valence-corrected chi connectivity index (χ1v) is 5.81. The lowest BCUT2D eigenvalue weighted by Gasteiger charge is -2.04. The summed E-state index contributed by atoms with van der Waals surface area (Å²) in [5.74, 6) is -0.266. The number of rotatable bonds is 3. The molecule has 0 atom stereocenters. The van der Waals surface area contributed by atoms with E-state index in [4.69, 9.17) is 11.6 Å². The first-order valence-electron chi connectivity index (χ1n) is 4.61. The average molecular weight is 258 g/mol. The van der Waals surface area contributed by atoms with Crippen molar-refractivity contribution in [2.45, 2.75) is 13.5 Å². The first kappa shape index (κ1) is 11.3. The molecule has 84 valence electrons. The third-order valence-electron chi connectivity index (χ3n) is 1.88. The zero-order valence-corrected chi connectivity index (χ0v) is 10.1. The molecule has 6 heteroatoms. The van der Waals surface area contributed by atoms with Crippen molar-refractivity contribution in [3.63, 3.8) is 0 Å². The van der Waals surface area contributed by atoms with Crippen LogP contribution in [0.5, 0.6) is 0 Å². The van der Waals surface area contributed by atoms with Crippen molar-refractivity contribution in [1.82, 2.24) is 9.97 Å². The molecule has 0 saturated heterocycles. The number of aromatic nitrogens is 2. The molecule has 0 aromatic carbocycles. The fraction of sp³-hybridized carbons (Fsp3) is 0.200. The first-order chi connectivity index (χ1) is 7.65. The molecule has 0 amide bonds. The number of halogens is 2. The Hall–Kier alpha value is -1.20. The number of nitrogens with one attached hydrogen (secondary N) is 1. The van der Waals surface area contributed by atoms with E-state index in [-0.39, 0.29) is 10.8 Å². The van der Waals surface area contributed by atoms with Crippen LogP contribution in [0.1, 0.15) is 9.88 Å². The quantitative estimate of drug-likeness (QED) is 0.917. The lowest BCUT2D eigenvalue weighted by molar-refractivity contribution is 0.624. The molecule has 3 nitrogen and oxygen atoms in total. The highest BCUT2D eigenvalue weighted by Crippen LogP contribution is 2.17. The van der Waals surface area contributed by atoms with Crippen molar-refractivity contribution in [1.29, 1.82) is 0 Å². The summed E-state index contributed by atoms with van der Waals surface area (Å²) in [6.07, 6.45) is 3.19. The van der Waals surface area contributed by atoms with Crippen LogP contribution in [0, 0.1) is 12.7 Å². The van der Waals surface area contributed by atoms with Gasteiger partial charge in [0.1, 0.15) is 5.01 Å². The second-order valence-electron chi connectivity index (χ2n) is 3.20. The minimum atomic E-state index is -0.458. The molecule has 2 aromatic heterocycles. The van der Waals surface area contributed by atoms with E-state index in [0.29, 0.717) is 6.54 Å². The predicted molar refractivity (Wildman–Crippen MR) is 63.4 cm³/mol. The second-order valence-corrected chi connectivity index (χ2v) is 4.96. The number of hydrogen-bond acceptors (Lipinski definition) is 4. The summed E-state index contributed by atoms with van der Waals surface area (Å²) < 4.78 is 13.3. The Morgan fingerprint density at radius 3 is 2.88 bits per heavy atom. The third-order valence-corrected chi connectivity index (χ3v) is 3.00. The van der Waals surface area contributed by atoms with E-state index < -0.39 is 5.82 Å². The maximum atomic E-state index is 13.3. The Bertz CT molecular complexity index is 501. The van der Waals surface area contributed by atoms with Gasteiger partial charge in [0.15, 0.2) is 11.6 Å². The van der Waals surface area contributed by atoms with Crippen LogP contribution >= 0.6 is 22.9 Å². The summed E-state index contributed by atoms with van der Waals surface area (Å²) >= 11 is 7.16. The summed E-state index contributed by atoms with van der Waals surface area (Å²) in [5.41, 5.74) is 0. The molecule has 0 aliphatic rings. The summed E-state index contributed by atoms with van der Waals surface area (Å²) in [5, 5.41) is 4.06. The van der Waals surface area contributed by atoms with Gasteiger partial charge in [-0.3, -0.25) is 0 Å². The van der Waals surface area contributed by atoms with E-state index in [2.05, 4.69) is 15.3 Å². The average Bonchev–Trinajstić information content (AvgIpc) is 2.63. The maximum Gasteiger partial charge on any atom is 0.166 e. The molecule has 0 aliphatic heterocycles. The summed E-state index contributed by atoms with van der Waals surface area (Å²) in [4.78, 5) is 9.14. The van der Waals surface area contributed by atoms with Gasteiger partial charge in [0.2, 0.25) is 0 Å². The number of aryl methyl sites for hydroxylation is 1. The number of pyridine rings is 1. The molecule has 0 aliphatic carbocycles. The molecule has 2 aromatic rings. The van der Waals surface area contributed by atoms with Gasteiger partial charge in [0, 0.05) is 17.3 Å².